The molecule has 0 bridgehead atoms. The Kier molecular flexibility index (Phi) is 4.66. The molecule has 1 heterocycles. The Hall–Kier alpha value is -2.25. The number of ether oxygens (including phenoxy) is 1. The van der Waals surface area contributed by atoms with Crippen molar-refractivity contribution in [2.45, 2.75) is 27.3 Å². The summed E-state index contributed by atoms with van der Waals surface area (Å²) in [7, 11) is 1.68. The van der Waals surface area contributed by atoms with E-state index >= 15 is 0 Å². The zero-order chi connectivity index (χ0) is 15.4. The van der Waals surface area contributed by atoms with Gasteiger partial charge in [0.15, 0.2) is 0 Å². The summed E-state index contributed by atoms with van der Waals surface area (Å²) >= 11 is 0. The Morgan fingerprint density at radius 3 is 2.62 bits per heavy atom. The fraction of sp³-hybridized carbons (Fsp3) is 0.353. The highest BCUT2D eigenvalue weighted by Crippen LogP contribution is 2.22. The van der Waals surface area contributed by atoms with Crippen LogP contribution in [0.15, 0.2) is 18.2 Å². The number of hydrogen-bond acceptors (Lipinski definition) is 3. The minimum absolute atomic E-state index is 0.359. The highest BCUT2D eigenvalue weighted by atomic mass is 16.5. The number of hydrogen-bond donors (Lipinski definition) is 1. The number of nitrogens with zero attached hydrogens (tertiary/aromatic N) is 2. The van der Waals surface area contributed by atoms with Crippen molar-refractivity contribution in [1.29, 1.82) is 0 Å². The van der Waals surface area contributed by atoms with Crippen LogP contribution in [0, 0.1) is 32.6 Å². The molecule has 2 rings (SSSR count). The van der Waals surface area contributed by atoms with E-state index in [2.05, 4.69) is 30.8 Å². The molecule has 0 unspecified atom stereocenters. The molecule has 0 saturated carbocycles. The normalized spacial score (nSPS) is 10.1. The van der Waals surface area contributed by atoms with Crippen LogP contribution in [-0.2, 0) is 6.54 Å². The van der Waals surface area contributed by atoms with Crippen LogP contribution in [0.4, 0.5) is 0 Å². The maximum Gasteiger partial charge on any atom is 0.124 e. The molecule has 0 radical (unpaired) electrons. The van der Waals surface area contributed by atoms with E-state index in [-0.39, 0.29) is 0 Å². The zero-order valence-electron chi connectivity index (χ0n) is 13.0. The lowest BCUT2D eigenvalue weighted by Crippen LogP contribution is -2.06. The average Bonchev–Trinajstić information content (AvgIpc) is 2.72. The van der Waals surface area contributed by atoms with Crippen molar-refractivity contribution in [1.82, 2.24) is 9.78 Å². The van der Waals surface area contributed by atoms with Crippen LogP contribution in [0.3, 0.4) is 0 Å². The Labute approximate surface area is 125 Å². The molecule has 1 aromatic heterocycles. The fourth-order valence-corrected chi connectivity index (χ4v) is 2.23. The topological polar surface area (TPSA) is 53.1 Å². The van der Waals surface area contributed by atoms with Gasteiger partial charge < -0.3 is 10.5 Å². The van der Waals surface area contributed by atoms with Crippen LogP contribution >= 0.6 is 0 Å². The molecule has 2 aromatic rings. The number of rotatable bonds is 3. The van der Waals surface area contributed by atoms with E-state index in [0.29, 0.717) is 13.1 Å². The molecule has 0 saturated heterocycles. The van der Waals surface area contributed by atoms with Gasteiger partial charge in [-0.3, -0.25) is 4.68 Å². The van der Waals surface area contributed by atoms with Crippen LogP contribution in [0.2, 0.25) is 0 Å². The molecular weight excluding hydrogens is 262 g/mol. The monoisotopic (exact) mass is 283 g/mol. The van der Waals surface area contributed by atoms with Crippen molar-refractivity contribution < 1.29 is 4.74 Å². The summed E-state index contributed by atoms with van der Waals surface area (Å²) in [5, 5.41) is 4.58. The van der Waals surface area contributed by atoms with E-state index in [1.165, 1.54) is 11.3 Å². The van der Waals surface area contributed by atoms with Crippen LogP contribution in [-0.4, -0.2) is 23.4 Å². The Balaban J connectivity index is 2.39. The molecule has 4 heteroatoms. The van der Waals surface area contributed by atoms with Crippen molar-refractivity contribution in [2.24, 2.45) is 5.73 Å². The van der Waals surface area contributed by atoms with E-state index in [1.807, 2.05) is 29.8 Å². The van der Waals surface area contributed by atoms with Gasteiger partial charge in [-0.15, -0.1) is 0 Å². The summed E-state index contributed by atoms with van der Waals surface area (Å²) in [4.78, 5) is 0. The number of benzene rings is 1. The summed E-state index contributed by atoms with van der Waals surface area (Å²) in [6.45, 7) is 7.23. The first-order valence-corrected chi connectivity index (χ1v) is 6.93. The molecule has 110 valence electrons. The molecular formula is C17H21N3O. The van der Waals surface area contributed by atoms with Gasteiger partial charge in [-0.2, -0.15) is 5.10 Å². The van der Waals surface area contributed by atoms with Crippen LogP contribution in [0.5, 0.6) is 5.75 Å². The first-order valence-electron chi connectivity index (χ1n) is 6.93. The SMILES string of the molecule is COc1ccc(C#CCN)cc1Cn1nc(C)c(C)c1C. The lowest BCUT2D eigenvalue weighted by atomic mass is 10.1. The van der Waals surface area contributed by atoms with Crippen molar-refractivity contribution in [3.8, 4) is 17.6 Å². The third-order valence-corrected chi connectivity index (χ3v) is 3.68. The lowest BCUT2D eigenvalue weighted by Gasteiger charge is -2.10. The third kappa shape index (κ3) is 3.26. The van der Waals surface area contributed by atoms with Gasteiger partial charge in [0.1, 0.15) is 5.75 Å². The van der Waals surface area contributed by atoms with Gasteiger partial charge in [-0.05, 0) is 44.5 Å². The Bertz CT molecular complexity index is 705. The minimum Gasteiger partial charge on any atom is -0.496 e. The number of aromatic nitrogens is 2. The summed E-state index contributed by atoms with van der Waals surface area (Å²) in [6, 6.07) is 5.92. The van der Waals surface area contributed by atoms with Crippen LogP contribution < -0.4 is 10.5 Å². The summed E-state index contributed by atoms with van der Waals surface area (Å²) in [5.74, 6) is 6.77. The molecule has 0 aliphatic heterocycles. The molecule has 4 nitrogen and oxygen atoms in total. The van der Waals surface area contributed by atoms with E-state index < -0.39 is 0 Å². The highest BCUT2D eigenvalue weighted by molar-refractivity contribution is 5.44. The van der Waals surface area contributed by atoms with Gasteiger partial charge in [0, 0.05) is 16.8 Å². The predicted molar refractivity (Wildman–Crippen MR) is 84.5 cm³/mol. The zero-order valence-corrected chi connectivity index (χ0v) is 13.0. The predicted octanol–water partition coefficient (Wildman–Crippen LogP) is 2.18. The van der Waals surface area contributed by atoms with E-state index in [9.17, 15) is 0 Å². The number of nitrogens with two attached hydrogens (primary N) is 1. The molecule has 0 spiro atoms. The average molecular weight is 283 g/mol. The Morgan fingerprint density at radius 1 is 1.29 bits per heavy atom. The molecule has 1 aromatic carbocycles. The van der Waals surface area contributed by atoms with Crippen molar-refractivity contribution in [2.75, 3.05) is 13.7 Å². The van der Waals surface area contributed by atoms with Crippen molar-refractivity contribution in [3.63, 3.8) is 0 Å². The maximum atomic E-state index is 5.44. The molecule has 0 atom stereocenters. The van der Waals surface area contributed by atoms with Crippen molar-refractivity contribution >= 4 is 0 Å². The summed E-state index contributed by atoms with van der Waals surface area (Å²) in [6.07, 6.45) is 0. The third-order valence-electron chi connectivity index (χ3n) is 3.68. The summed E-state index contributed by atoms with van der Waals surface area (Å²) in [5.41, 5.74) is 10.9. The molecule has 0 amide bonds. The second kappa shape index (κ2) is 6.47. The fourth-order valence-electron chi connectivity index (χ4n) is 2.23. The smallest absolute Gasteiger partial charge is 0.124 e. The summed E-state index contributed by atoms with van der Waals surface area (Å²) < 4.78 is 7.44. The van der Waals surface area contributed by atoms with Gasteiger partial charge in [-0.1, -0.05) is 11.8 Å². The number of aryl methyl sites for hydroxylation is 1. The van der Waals surface area contributed by atoms with E-state index in [4.69, 9.17) is 10.5 Å². The van der Waals surface area contributed by atoms with Gasteiger partial charge in [0.2, 0.25) is 0 Å². The standard InChI is InChI=1S/C17H21N3O/c1-12-13(2)19-20(14(12)3)11-16-10-15(6-5-9-18)7-8-17(16)21-4/h7-8,10H,9,11,18H2,1-4H3. The van der Waals surface area contributed by atoms with E-state index in [1.54, 1.807) is 7.11 Å². The number of methoxy groups -OCH3 is 1. The lowest BCUT2D eigenvalue weighted by molar-refractivity contribution is 0.407. The first-order chi connectivity index (χ1) is 10.1. The van der Waals surface area contributed by atoms with Gasteiger partial charge in [0.25, 0.3) is 0 Å². The first kappa shape index (κ1) is 15.1. The van der Waals surface area contributed by atoms with Gasteiger partial charge in [0.05, 0.1) is 25.9 Å². The van der Waals surface area contributed by atoms with Crippen LogP contribution in [0.25, 0.3) is 0 Å². The largest absolute Gasteiger partial charge is 0.496 e. The Morgan fingerprint density at radius 2 is 2.05 bits per heavy atom. The molecule has 0 aliphatic carbocycles. The molecule has 2 N–H and O–H groups in total. The molecule has 21 heavy (non-hydrogen) atoms. The molecule has 0 aliphatic rings. The minimum atomic E-state index is 0.359. The second-order valence-corrected chi connectivity index (χ2v) is 4.99. The highest BCUT2D eigenvalue weighted by Gasteiger charge is 2.10. The van der Waals surface area contributed by atoms with Gasteiger partial charge in [-0.25, -0.2) is 0 Å². The molecule has 0 fully saturated rings. The quantitative estimate of drug-likeness (QED) is 0.878. The van der Waals surface area contributed by atoms with E-state index in [0.717, 1.165) is 22.6 Å². The van der Waals surface area contributed by atoms with Crippen molar-refractivity contribution in [3.05, 3.63) is 46.3 Å². The van der Waals surface area contributed by atoms with Gasteiger partial charge >= 0.3 is 0 Å². The second-order valence-electron chi connectivity index (χ2n) is 4.99. The van der Waals surface area contributed by atoms with Crippen LogP contribution in [0.1, 0.15) is 28.1 Å². The maximum absolute atomic E-state index is 5.44.